The van der Waals surface area contributed by atoms with Crippen LogP contribution in [-0.4, -0.2) is 34.1 Å². The van der Waals surface area contributed by atoms with E-state index in [-0.39, 0.29) is 5.41 Å². The van der Waals surface area contributed by atoms with Gasteiger partial charge in [0, 0.05) is 37.3 Å². The summed E-state index contributed by atoms with van der Waals surface area (Å²) in [6.07, 6.45) is -0.0101. The molecule has 1 N–H and O–H groups in total. The molecule has 2 atom stereocenters. The van der Waals surface area contributed by atoms with E-state index >= 15 is 0 Å². The summed E-state index contributed by atoms with van der Waals surface area (Å²) >= 11 is 0. The van der Waals surface area contributed by atoms with Gasteiger partial charge in [-0.05, 0) is 49.4 Å². The summed E-state index contributed by atoms with van der Waals surface area (Å²) in [4.78, 5) is 27.3. The van der Waals surface area contributed by atoms with E-state index in [1.807, 2.05) is 0 Å². The minimum absolute atomic E-state index is 0.0139. The molecule has 2 fully saturated rings. The Morgan fingerprint density at radius 1 is 1.07 bits per heavy atom. The fraction of sp³-hybridized carbons (Fsp3) is 0.500. The fourth-order valence-electron chi connectivity index (χ4n) is 4.43. The molecule has 0 unspecified atom stereocenters. The van der Waals surface area contributed by atoms with Crippen LogP contribution in [-0.2, 0) is 18.1 Å². The number of hydrogen-bond donors (Lipinski definition) is 1. The van der Waals surface area contributed by atoms with Crippen molar-refractivity contribution in [2.75, 3.05) is 19.6 Å². The normalized spacial score (nSPS) is 24.3. The first-order valence-electron chi connectivity index (χ1n) is 9.48. The molecule has 2 aliphatic rings. The third-order valence-electron chi connectivity index (χ3n) is 6.02. The van der Waals surface area contributed by atoms with Crippen LogP contribution in [0.3, 0.4) is 0 Å². The Labute approximate surface area is 159 Å². The molecule has 2 aromatic rings. The maximum Gasteiger partial charge on any atom is 0.416 e. The fourth-order valence-corrected chi connectivity index (χ4v) is 4.43. The molecule has 4 rings (SSSR count). The summed E-state index contributed by atoms with van der Waals surface area (Å²) in [5.41, 5.74) is -0.368. The number of alkyl halides is 3. The SMILES string of the molecule is O=c1ccn(CCCCN2C[C@@H]3C[C@]3(c3ccc(C(F)(F)F)cc3)C2)c(=O)[nH]1. The van der Waals surface area contributed by atoms with Gasteiger partial charge in [0.1, 0.15) is 0 Å². The van der Waals surface area contributed by atoms with Gasteiger partial charge in [-0.3, -0.25) is 9.78 Å². The Morgan fingerprint density at radius 2 is 1.79 bits per heavy atom. The molecule has 0 radical (unpaired) electrons. The van der Waals surface area contributed by atoms with Gasteiger partial charge in [0.25, 0.3) is 5.56 Å². The Hall–Kier alpha value is -2.35. The van der Waals surface area contributed by atoms with Gasteiger partial charge >= 0.3 is 11.9 Å². The van der Waals surface area contributed by atoms with Crippen molar-refractivity contribution in [1.29, 1.82) is 0 Å². The number of nitrogens with one attached hydrogen (secondary N) is 1. The standard InChI is InChI=1S/C20H22F3N3O2/c21-20(22,23)15-5-3-14(4-6-15)19-11-16(19)12-25(13-19)8-1-2-9-26-10-7-17(27)24-18(26)28/h3-7,10,16H,1-2,8-9,11-13H2,(H,24,27,28)/t16-,19+/m0/s1. The second-order valence-corrected chi connectivity index (χ2v) is 7.88. The Morgan fingerprint density at radius 3 is 2.46 bits per heavy atom. The monoisotopic (exact) mass is 393 g/mol. The number of H-pyrrole nitrogens is 1. The number of hydrogen-bond acceptors (Lipinski definition) is 3. The predicted octanol–water partition coefficient (Wildman–Crippen LogP) is 2.61. The first-order valence-corrected chi connectivity index (χ1v) is 9.48. The number of benzene rings is 1. The van der Waals surface area contributed by atoms with E-state index in [2.05, 4.69) is 9.88 Å². The first kappa shape index (κ1) is 19.0. The maximum absolute atomic E-state index is 12.8. The van der Waals surface area contributed by atoms with E-state index < -0.39 is 23.0 Å². The molecule has 2 heterocycles. The predicted molar refractivity (Wildman–Crippen MR) is 98.2 cm³/mol. The molecule has 1 saturated heterocycles. The topological polar surface area (TPSA) is 58.1 Å². The summed E-state index contributed by atoms with van der Waals surface area (Å²) in [6, 6.07) is 6.97. The Kier molecular flexibility index (Phi) is 4.69. The minimum atomic E-state index is -4.30. The quantitative estimate of drug-likeness (QED) is 0.768. The summed E-state index contributed by atoms with van der Waals surface area (Å²) in [5, 5.41) is 0. The van der Waals surface area contributed by atoms with E-state index in [9.17, 15) is 22.8 Å². The molecule has 28 heavy (non-hydrogen) atoms. The molecule has 0 spiro atoms. The molecular weight excluding hydrogens is 371 g/mol. The lowest BCUT2D eigenvalue weighted by Crippen LogP contribution is -2.30. The molecule has 150 valence electrons. The van der Waals surface area contributed by atoms with Gasteiger partial charge < -0.3 is 9.47 Å². The van der Waals surface area contributed by atoms with Gasteiger partial charge in [-0.2, -0.15) is 13.2 Å². The molecule has 1 aliphatic carbocycles. The minimum Gasteiger partial charge on any atom is -0.302 e. The number of rotatable bonds is 6. The van der Waals surface area contributed by atoms with E-state index in [1.54, 1.807) is 12.1 Å². The van der Waals surface area contributed by atoms with Crippen molar-refractivity contribution >= 4 is 0 Å². The number of halogens is 3. The lowest BCUT2D eigenvalue weighted by Gasteiger charge is -2.21. The third-order valence-corrected chi connectivity index (χ3v) is 6.02. The highest BCUT2D eigenvalue weighted by molar-refractivity contribution is 5.39. The number of aryl methyl sites for hydroxylation is 1. The van der Waals surface area contributed by atoms with Crippen molar-refractivity contribution in [2.24, 2.45) is 5.92 Å². The van der Waals surface area contributed by atoms with Gasteiger partial charge in [0.15, 0.2) is 0 Å². The summed E-state index contributed by atoms with van der Waals surface area (Å²) in [6.45, 7) is 3.30. The van der Waals surface area contributed by atoms with Crippen molar-refractivity contribution in [3.8, 4) is 0 Å². The molecule has 0 bridgehead atoms. The molecular formula is C20H22F3N3O2. The third kappa shape index (κ3) is 3.65. The number of aromatic amines is 1. The van der Waals surface area contributed by atoms with Crippen LogP contribution < -0.4 is 11.2 Å². The highest BCUT2D eigenvalue weighted by Gasteiger charge is 2.60. The average molecular weight is 393 g/mol. The van der Waals surface area contributed by atoms with Crippen LogP contribution in [0.1, 0.15) is 30.4 Å². The molecule has 1 aromatic carbocycles. The van der Waals surface area contributed by atoms with Crippen molar-refractivity contribution < 1.29 is 13.2 Å². The lowest BCUT2D eigenvalue weighted by molar-refractivity contribution is -0.137. The highest BCUT2D eigenvalue weighted by Crippen LogP contribution is 2.59. The zero-order chi connectivity index (χ0) is 19.9. The molecule has 5 nitrogen and oxygen atoms in total. The van der Waals surface area contributed by atoms with Gasteiger partial charge in [-0.15, -0.1) is 0 Å². The van der Waals surface area contributed by atoms with Crippen molar-refractivity contribution in [3.05, 3.63) is 68.5 Å². The summed E-state index contributed by atoms with van der Waals surface area (Å²) < 4.78 is 39.8. The van der Waals surface area contributed by atoms with Gasteiger partial charge in [0.2, 0.25) is 0 Å². The van der Waals surface area contributed by atoms with Gasteiger partial charge in [0.05, 0.1) is 5.56 Å². The Balaban J connectivity index is 1.29. The van der Waals surface area contributed by atoms with Crippen molar-refractivity contribution in [1.82, 2.24) is 14.5 Å². The number of unbranched alkanes of at least 4 members (excludes halogenated alkanes) is 1. The maximum atomic E-state index is 12.8. The zero-order valence-corrected chi connectivity index (χ0v) is 15.3. The molecule has 1 aliphatic heterocycles. The van der Waals surface area contributed by atoms with Crippen molar-refractivity contribution in [2.45, 2.75) is 37.4 Å². The van der Waals surface area contributed by atoms with Crippen LogP contribution in [0.15, 0.2) is 46.1 Å². The first-order chi connectivity index (χ1) is 13.3. The van der Waals surface area contributed by atoms with Crippen LogP contribution in [0.4, 0.5) is 13.2 Å². The number of fused-ring (bicyclic) bond motifs is 1. The zero-order valence-electron chi connectivity index (χ0n) is 15.3. The van der Waals surface area contributed by atoms with E-state index in [4.69, 9.17) is 0 Å². The van der Waals surface area contributed by atoms with E-state index in [0.29, 0.717) is 12.5 Å². The van der Waals surface area contributed by atoms with E-state index in [1.165, 1.54) is 29.0 Å². The van der Waals surface area contributed by atoms with Gasteiger partial charge in [-0.1, -0.05) is 12.1 Å². The molecule has 8 heteroatoms. The lowest BCUT2D eigenvalue weighted by atomic mass is 9.94. The number of likely N-dealkylation sites (tertiary alicyclic amines) is 1. The Bertz CT molecular complexity index is 964. The second-order valence-electron chi connectivity index (χ2n) is 7.88. The van der Waals surface area contributed by atoms with Crippen LogP contribution >= 0.6 is 0 Å². The van der Waals surface area contributed by atoms with Crippen LogP contribution in [0.2, 0.25) is 0 Å². The molecule has 1 aromatic heterocycles. The second kappa shape index (κ2) is 6.92. The average Bonchev–Trinajstić information content (AvgIpc) is 3.21. The number of aromatic nitrogens is 2. The smallest absolute Gasteiger partial charge is 0.302 e. The van der Waals surface area contributed by atoms with Crippen LogP contribution in [0.25, 0.3) is 0 Å². The highest BCUT2D eigenvalue weighted by atomic mass is 19.4. The molecule has 0 amide bonds. The number of nitrogens with zero attached hydrogens (tertiary/aromatic N) is 2. The van der Waals surface area contributed by atoms with Crippen LogP contribution in [0.5, 0.6) is 0 Å². The van der Waals surface area contributed by atoms with Crippen LogP contribution in [0, 0.1) is 5.92 Å². The largest absolute Gasteiger partial charge is 0.416 e. The molecule has 1 saturated carbocycles. The van der Waals surface area contributed by atoms with E-state index in [0.717, 1.165) is 44.5 Å². The summed E-state index contributed by atoms with van der Waals surface area (Å²) in [5.74, 6) is 0.519. The van der Waals surface area contributed by atoms with Gasteiger partial charge in [-0.25, -0.2) is 4.79 Å². The number of piperidine rings is 1. The van der Waals surface area contributed by atoms with Crippen molar-refractivity contribution in [3.63, 3.8) is 0 Å². The summed E-state index contributed by atoms with van der Waals surface area (Å²) in [7, 11) is 0.